The van der Waals surface area contributed by atoms with Gasteiger partial charge in [0.2, 0.25) is 0 Å². The van der Waals surface area contributed by atoms with E-state index in [2.05, 4.69) is 4.98 Å². The maximum atomic E-state index is 10.7. The van der Waals surface area contributed by atoms with Gasteiger partial charge in [-0.05, 0) is 18.1 Å². The van der Waals surface area contributed by atoms with E-state index in [1.165, 1.54) is 18.1 Å². The van der Waals surface area contributed by atoms with Gasteiger partial charge in [0.25, 0.3) is 0 Å². The summed E-state index contributed by atoms with van der Waals surface area (Å²) in [5, 5.41) is 8.74. The van der Waals surface area contributed by atoms with Crippen LogP contribution in [-0.4, -0.2) is 20.6 Å². The number of hydrogen-bond donors (Lipinski definition) is 1. The van der Waals surface area contributed by atoms with Gasteiger partial charge in [0.05, 0.1) is 6.33 Å². The number of carboxylic acids is 1. The average Bonchev–Trinajstić information content (AvgIpc) is 2.70. The molecule has 0 saturated carbocycles. The van der Waals surface area contributed by atoms with E-state index in [-0.39, 0.29) is 5.69 Å². The number of imidazole rings is 1. The van der Waals surface area contributed by atoms with E-state index < -0.39 is 5.97 Å². The van der Waals surface area contributed by atoms with Crippen molar-refractivity contribution in [3.8, 4) is 0 Å². The number of aryl methyl sites for hydroxylation is 1. The van der Waals surface area contributed by atoms with E-state index in [1.54, 1.807) is 4.57 Å². The van der Waals surface area contributed by atoms with Crippen LogP contribution in [0.1, 0.15) is 21.6 Å². The first kappa shape index (κ1) is 10.4. The van der Waals surface area contributed by atoms with E-state index in [1.807, 2.05) is 31.2 Å². The summed E-state index contributed by atoms with van der Waals surface area (Å²) in [6, 6.07) is 8.01. The van der Waals surface area contributed by atoms with Crippen molar-refractivity contribution in [3.63, 3.8) is 0 Å². The molecule has 4 heteroatoms. The van der Waals surface area contributed by atoms with Gasteiger partial charge in [0, 0.05) is 12.7 Å². The standard InChI is InChI=1S/C12H12N2O2/c1-9-4-2-3-5-10(9)6-14-7-11(12(15)16)13-8-14/h2-5,7-8H,6H2,1H3,(H,15,16). The van der Waals surface area contributed by atoms with Crippen LogP contribution in [0.25, 0.3) is 0 Å². The number of carboxylic acid groups (broad SMARTS) is 1. The van der Waals surface area contributed by atoms with Gasteiger partial charge in [0.1, 0.15) is 0 Å². The summed E-state index contributed by atoms with van der Waals surface area (Å²) < 4.78 is 1.77. The van der Waals surface area contributed by atoms with Gasteiger partial charge >= 0.3 is 5.97 Å². The highest BCUT2D eigenvalue weighted by molar-refractivity contribution is 5.84. The van der Waals surface area contributed by atoms with Crippen LogP contribution in [0.2, 0.25) is 0 Å². The Morgan fingerprint density at radius 1 is 1.44 bits per heavy atom. The van der Waals surface area contributed by atoms with Crippen LogP contribution in [0.3, 0.4) is 0 Å². The van der Waals surface area contributed by atoms with Crippen LogP contribution in [0.4, 0.5) is 0 Å². The number of hydrogen-bond acceptors (Lipinski definition) is 2. The molecular formula is C12H12N2O2. The Kier molecular flexibility index (Phi) is 2.72. The highest BCUT2D eigenvalue weighted by atomic mass is 16.4. The van der Waals surface area contributed by atoms with Crippen molar-refractivity contribution in [1.82, 2.24) is 9.55 Å². The van der Waals surface area contributed by atoms with Gasteiger partial charge in [-0.3, -0.25) is 0 Å². The maximum Gasteiger partial charge on any atom is 0.356 e. The van der Waals surface area contributed by atoms with E-state index in [4.69, 9.17) is 5.11 Å². The Bertz CT molecular complexity index is 517. The molecule has 2 aromatic rings. The van der Waals surface area contributed by atoms with Gasteiger partial charge in [0.15, 0.2) is 5.69 Å². The zero-order valence-corrected chi connectivity index (χ0v) is 8.92. The second-order valence-corrected chi connectivity index (χ2v) is 3.66. The summed E-state index contributed by atoms with van der Waals surface area (Å²) in [5.74, 6) is -0.997. The number of carbonyl (C=O) groups is 1. The fourth-order valence-corrected chi connectivity index (χ4v) is 1.54. The summed E-state index contributed by atoms with van der Waals surface area (Å²) >= 11 is 0. The topological polar surface area (TPSA) is 55.1 Å². The van der Waals surface area contributed by atoms with Crippen molar-refractivity contribution < 1.29 is 9.90 Å². The molecular weight excluding hydrogens is 204 g/mol. The minimum atomic E-state index is -0.997. The highest BCUT2D eigenvalue weighted by Crippen LogP contribution is 2.09. The molecule has 82 valence electrons. The predicted molar refractivity (Wildman–Crippen MR) is 59.5 cm³/mol. The lowest BCUT2D eigenvalue weighted by Gasteiger charge is -2.05. The molecule has 16 heavy (non-hydrogen) atoms. The molecule has 2 rings (SSSR count). The highest BCUT2D eigenvalue weighted by Gasteiger charge is 2.06. The maximum absolute atomic E-state index is 10.7. The zero-order valence-electron chi connectivity index (χ0n) is 8.92. The molecule has 0 fully saturated rings. The lowest BCUT2D eigenvalue weighted by Crippen LogP contribution is -1.99. The first-order valence-electron chi connectivity index (χ1n) is 4.96. The summed E-state index contributed by atoms with van der Waals surface area (Å²) in [5.41, 5.74) is 2.43. The first-order chi connectivity index (χ1) is 7.66. The van der Waals surface area contributed by atoms with Crippen LogP contribution in [0.5, 0.6) is 0 Å². The Morgan fingerprint density at radius 3 is 2.81 bits per heavy atom. The second kappa shape index (κ2) is 4.18. The van der Waals surface area contributed by atoms with Crippen molar-refractivity contribution in [2.45, 2.75) is 13.5 Å². The number of nitrogens with zero attached hydrogens (tertiary/aromatic N) is 2. The third kappa shape index (κ3) is 2.11. The molecule has 1 N–H and O–H groups in total. The Labute approximate surface area is 93.2 Å². The molecule has 0 radical (unpaired) electrons. The SMILES string of the molecule is Cc1ccccc1Cn1cnc(C(=O)O)c1. The fourth-order valence-electron chi connectivity index (χ4n) is 1.54. The van der Waals surface area contributed by atoms with Crippen molar-refractivity contribution in [2.24, 2.45) is 0 Å². The molecule has 0 aliphatic heterocycles. The molecule has 0 unspecified atom stereocenters. The number of aromatic carboxylic acids is 1. The fraction of sp³-hybridized carbons (Fsp3) is 0.167. The number of benzene rings is 1. The minimum absolute atomic E-state index is 0.0774. The van der Waals surface area contributed by atoms with Gasteiger partial charge in [-0.1, -0.05) is 24.3 Å². The Balaban J connectivity index is 2.21. The molecule has 1 aromatic heterocycles. The van der Waals surface area contributed by atoms with Crippen LogP contribution in [0, 0.1) is 6.92 Å². The normalized spacial score (nSPS) is 10.3. The van der Waals surface area contributed by atoms with Crippen molar-refractivity contribution >= 4 is 5.97 Å². The third-order valence-electron chi connectivity index (χ3n) is 2.47. The van der Waals surface area contributed by atoms with Crippen LogP contribution < -0.4 is 0 Å². The second-order valence-electron chi connectivity index (χ2n) is 3.66. The van der Waals surface area contributed by atoms with Gasteiger partial charge in [-0.15, -0.1) is 0 Å². The lowest BCUT2D eigenvalue weighted by molar-refractivity contribution is 0.0691. The average molecular weight is 216 g/mol. The van der Waals surface area contributed by atoms with Crippen molar-refractivity contribution in [2.75, 3.05) is 0 Å². The van der Waals surface area contributed by atoms with Crippen molar-refractivity contribution in [3.05, 3.63) is 53.6 Å². The summed E-state index contributed by atoms with van der Waals surface area (Å²) in [6.45, 7) is 2.68. The summed E-state index contributed by atoms with van der Waals surface area (Å²) in [7, 11) is 0. The largest absolute Gasteiger partial charge is 0.476 e. The minimum Gasteiger partial charge on any atom is -0.476 e. The van der Waals surface area contributed by atoms with E-state index in [9.17, 15) is 4.79 Å². The lowest BCUT2D eigenvalue weighted by atomic mass is 10.1. The van der Waals surface area contributed by atoms with Gasteiger partial charge in [-0.25, -0.2) is 9.78 Å². The third-order valence-corrected chi connectivity index (χ3v) is 2.47. The van der Waals surface area contributed by atoms with Crippen LogP contribution in [0.15, 0.2) is 36.8 Å². The van der Waals surface area contributed by atoms with Gasteiger partial charge in [-0.2, -0.15) is 0 Å². The molecule has 0 spiro atoms. The molecule has 4 nitrogen and oxygen atoms in total. The molecule has 0 aliphatic carbocycles. The molecule has 0 amide bonds. The molecule has 1 heterocycles. The Hall–Kier alpha value is -2.10. The van der Waals surface area contributed by atoms with Gasteiger partial charge < -0.3 is 9.67 Å². The molecule has 0 atom stereocenters. The number of rotatable bonds is 3. The first-order valence-corrected chi connectivity index (χ1v) is 4.96. The van der Waals surface area contributed by atoms with Crippen LogP contribution in [-0.2, 0) is 6.54 Å². The number of aromatic nitrogens is 2. The monoisotopic (exact) mass is 216 g/mol. The van der Waals surface area contributed by atoms with E-state index >= 15 is 0 Å². The zero-order chi connectivity index (χ0) is 11.5. The smallest absolute Gasteiger partial charge is 0.356 e. The molecule has 0 aliphatic rings. The Morgan fingerprint density at radius 2 is 2.19 bits per heavy atom. The molecule has 0 bridgehead atoms. The summed E-state index contributed by atoms with van der Waals surface area (Å²) in [4.78, 5) is 14.5. The van der Waals surface area contributed by atoms with E-state index in [0.717, 1.165) is 5.56 Å². The van der Waals surface area contributed by atoms with E-state index in [0.29, 0.717) is 6.54 Å². The quantitative estimate of drug-likeness (QED) is 0.853. The molecule has 0 saturated heterocycles. The predicted octanol–water partition coefficient (Wildman–Crippen LogP) is 1.94. The van der Waals surface area contributed by atoms with Crippen molar-refractivity contribution in [1.29, 1.82) is 0 Å². The van der Waals surface area contributed by atoms with Crippen LogP contribution >= 0.6 is 0 Å². The molecule has 1 aromatic carbocycles. The summed E-state index contributed by atoms with van der Waals surface area (Å²) in [6.07, 6.45) is 3.07.